The molecule has 0 radical (unpaired) electrons. The van der Waals surface area contributed by atoms with Gasteiger partial charge in [-0.3, -0.25) is 9.59 Å². The summed E-state index contributed by atoms with van der Waals surface area (Å²) in [5.41, 5.74) is 1.42. The van der Waals surface area contributed by atoms with Crippen molar-refractivity contribution in [2.24, 2.45) is 0 Å². The summed E-state index contributed by atoms with van der Waals surface area (Å²) < 4.78 is 10.4. The minimum absolute atomic E-state index is 0.166. The predicted octanol–water partition coefficient (Wildman–Crippen LogP) is 3.82. The average molecular weight is 401 g/mol. The number of nitrogens with zero attached hydrogens (tertiary/aromatic N) is 2. The van der Waals surface area contributed by atoms with Crippen molar-refractivity contribution in [1.82, 2.24) is 10.1 Å². The summed E-state index contributed by atoms with van der Waals surface area (Å²) in [6.45, 7) is 3.27. The molecule has 3 aromatic rings. The van der Waals surface area contributed by atoms with Crippen LogP contribution in [0, 0.1) is 6.92 Å². The summed E-state index contributed by atoms with van der Waals surface area (Å²) >= 11 is 6.17. The zero-order valence-electron chi connectivity index (χ0n) is 15.2. The van der Waals surface area contributed by atoms with E-state index in [4.69, 9.17) is 20.9 Å². The summed E-state index contributed by atoms with van der Waals surface area (Å²) in [6, 6.07) is 11.4. The molecule has 0 bridgehead atoms. The number of hydrogen-bond donors (Lipinski definition) is 2. The van der Waals surface area contributed by atoms with Gasteiger partial charge in [-0.1, -0.05) is 16.8 Å². The third-order valence-electron chi connectivity index (χ3n) is 3.59. The van der Waals surface area contributed by atoms with Crippen molar-refractivity contribution in [3.63, 3.8) is 0 Å². The maximum atomic E-state index is 12.4. The Balaban J connectivity index is 1.60. The first-order chi connectivity index (χ1) is 13.4. The van der Waals surface area contributed by atoms with Crippen LogP contribution in [-0.2, 0) is 11.4 Å². The van der Waals surface area contributed by atoms with Crippen molar-refractivity contribution in [2.75, 3.05) is 10.6 Å². The maximum absolute atomic E-state index is 12.4. The quantitative estimate of drug-likeness (QED) is 0.651. The molecule has 2 amide bonds. The molecular weight excluding hydrogens is 384 g/mol. The average Bonchev–Trinajstić information content (AvgIpc) is 3.07. The number of ether oxygens (including phenoxy) is 1. The van der Waals surface area contributed by atoms with Gasteiger partial charge in [-0.15, -0.1) is 0 Å². The van der Waals surface area contributed by atoms with E-state index < -0.39 is 0 Å². The Hall–Kier alpha value is -3.39. The van der Waals surface area contributed by atoms with Crippen molar-refractivity contribution >= 4 is 34.8 Å². The van der Waals surface area contributed by atoms with Crippen LogP contribution in [0.5, 0.6) is 5.75 Å². The van der Waals surface area contributed by atoms with Gasteiger partial charge in [0.15, 0.2) is 6.61 Å². The van der Waals surface area contributed by atoms with Gasteiger partial charge in [-0.25, -0.2) is 0 Å². The second kappa shape index (κ2) is 8.53. The molecule has 3 rings (SSSR count). The lowest BCUT2D eigenvalue weighted by atomic mass is 10.2. The topological polar surface area (TPSA) is 106 Å². The van der Waals surface area contributed by atoms with Gasteiger partial charge in [0.05, 0.1) is 10.7 Å². The lowest BCUT2D eigenvalue weighted by Crippen LogP contribution is -2.12. The van der Waals surface area contributed by atoms with Crippen LogP contribution in [-0.4, -0.2) is 22.0 Å². The lowest BCUT2D eigenvalue weighted by Gasteiger charge is -2.10. The third kappa shape index (κ3) is 5.08. The largest absolute Gasteiger partial charge is 0.485 e. The van der Waals surface area contributed by atoms with Crippen LogP contribution in [0.25, 0.3) is 0 Å². The van der Waals surface area contributed by atoms with Crippen LogP contribution in [0.15, 0.2) is 47.0 Å². The van der Waals surface area contributed by atoms with Crippen molar-refractivity contribution in [3.8, 4) is 5.75 Å². The second-order valence-corrected chi connectivity index (χ2v) is 6.28. The zero-order valence-corrected chi connectivity index (χ0v) is 15.9. The Kier molecular flexibility index (Phi) is 5.90. The Labute approximate surface area is 165 Å². The highest BCUT2D eigenvalue weighted by atomic mass is 35.5. The molecule has 2 N–H and O–H groups in total. The fraction of sp³-hybridized carbons (Fsp3) is 0.158. The van der Waals surface area contributed by atoms with Crippen LogP contribution in [0.4, 0.5) is 11.4 Å². The van der Waals surface area contributed by atoms with Crippen molar-refractivity contribution in [2.45, 2.75) is 20.5 Å². The predicted molar refractivity (Wildman–Crippen MR) is 104 cm³/mol. The first-order valence-corrected chi connectivity index (χ1v) is 8.69. The van der Waals surface area contributed by atoms with Crippen molar-refractivity contribution in [1.29, 1.82) is 0 Å². The molecule has 0 aliphatic heterocycles. The van der Waals surface area contributed by atoms with Crippen LogP contribution in [0.2, 0.25) is 5.02 Å². The highest BCUT2D eigenvalue weighted by Crippen LogP contribution is 2.26. The van der Waals surface area contributed by atoms with E-state index in [0.29, 0.717) is 39.4 Å². The molecule has 0 spiro atoms. The number of carbonyl (C=O) groups is 2. The normalized spacial score (nSPS) is 10.4. The van der Waals surface area contributed by atoms with Gasteiger partial charge in [-0.05, 0) is 42.5 Å². The Morgan fingerprint density at radius 3 is 2.50 bits per heavy atom. The third-order valence-corrected chi connectivity index (χ3v) is 3.90. The molecule has 0 aliphatic carbocycles. The van der Waals surface area contributed by atoms with E-state index in [2.05, 4.69) is 20.8 Å². The van der Waals surface area contributed by atoms with Gasteiger partial charge in [0.2, 0.25) is 17.6 Å². The number of amides is 2. The highest BCUT2D eigenvalue weighted by Gasteiger charge is 2.10. The maximum Gasteiger partial charge on any atom is 0.255 e. The van der Waals surface area contributed by atoms with E-state index in [-0.39, 0.29) is 18.4 Å². The van der Waals surface area contributed by atoms with Crippen LogP contribution in [0.3, 0.4) is 0 Å². The van der Waals surface area contributed by atoms with E-state index in [9.17, 15) is 9.59 Å². The van der Waals surface area contributed by atoms with Crippen molar-refractivity contribution in [3.05, 3.63) is 64.8 Å². The lowest BCUT2D eigenvalue weighted by molar-refractivity contribution is -0.114. The number of nitrogens with one attached hydrogen (secondary N) is 2. The Morgan fingerprint density at radius 1 is 1.14 bits per heavy atom. The van der Waals surface area contributed by atoms with Crippen LogP contribution in [0.1, 0.15) is 29.0 Å². The molecule has 28 heavy (non-hydrogen) atoms. The molecule has 0 atom stereocenters. The molecule has 1 aromatic heterocycles. The second-order valence-electron chi connectivity index (χ2n) is 5.87. The number of benzene rings is 2. The van der Waals surface area contributed by atoms with Gasteiger partial charge in [0.1, 0.15) is 5.75 Å². The number of halogens is 1. The van der Waals surface area contributed by atoms with Gasteiger partial charge in [0.25, 0.3) is 5.91 Å². The van der Waals surface area contributed by atoms with Gasteiger partial charge >= 0.3 is 0 Å². The number of anilines is 2. The fourth-order valence-corrected chi connectivity index (χ4v) is 2.57. The van der Waals surface area contributed by atoms with Gasteiger partial charge < -0.3 is 19.9 Å². The van der Waals surface area contributed by atoms with Crippen molar-refractivity contribution < 1.29 is 18.8 Å². The summed E-state index contributed by atoms with van der Waals surface area (Å²) in [7, 11) is 0. The molecule has 9 heteroatoms. The van der Waals surface area contributed by atoms with Gasteiger partial charge in [0, 0.05) is 25.1 Å². The van der Waals surface area contributed by atoms with E-state index >= 15 is 0 Å². The van der Waals surface area contributed by atoms with Crippen LogP contribution >= 0.6 is 11.6 Å². The first-order valence-electron chi connectivity index (χ1n) is 8.31. The van der Waals surface area contributed by atoms with Crippen LogP contribution < -0.4 is 15.4 Å². The smallest absolute Gasteiger partial charge is 0.255 e. The van der Waals surface area contributed by atoms with E-state index in [0.717, 1.165) is 0 Å². The molecule has 144 valence electrons. The van der Waals surface area contributed by atoms with E-state index in [1.54, 1.807) is 49.4 Å². The SMILES string of the molecule is CC(=O)Nc1ccc(NC(=O)c2ccc(OCc3noc(C)n3)cc2)c(Cl)c1. The molecule has 0 aliphatic rings. The minimum Gasteiger partial charge on any atom is -0.485 e. The summed E-state index contributed by atoms with van der Waals surface area (Å²) in [5, 5.41) is 9.41. The number of carbonyl (C=O) groups excluding carboxylic acids is 2. The summed E-state index contributed by atoms with van der Waals surface area (Å²) in [4.78, 5) is 27.5. The zero-order chi connectivity index (χ0) is 20.1. The monoisotopic (exact) mass is 400 g/mol. The summed E-state index contributed by atoms with van der Waals surface area (Å²) in [6.07, 6.45) is 0. The highest BCUT2D eigenvalue weighted by molar-refractivity contribution is 6.34. The van der Waals surface area contributed by atoms with E-state index in [1.165, 1.54) is 6.92 Å². The standard InChI is InChI=1S/C19H17ClN4O4/c1-11(25)21-14-5-8-17(16(20)9-14)23-19(26)13-3-6-15(7-4-13)27-10-18-22-12(2)28-24-18/h3-9H,10H2,1-2H3,(H,21,25)(H,23,26). The van der Waals surface area contributed by atoms with E-state index in [1.807, 2.05) is 0 Å². The molecule has 8 nitrogen and oxygen atoms in total. The van der Waals surface area contributed by atoms with Gasteiger partial charge in [-0.2, -0.15) is 4.98 Å². The Bertz CT molecular complexity index is 1000. The molecule has 0 saturated heterocycles. The molecule has 2 aromatic carbocycles. The number of aromatic nitrogens is 2. The summed E-state index contributed by atoms with van der Waals surface area (Å²) in [5.74, 6) is 0.946. The number of rotatable bonds is 6. The number of aryl methyl sites for hydroxylation is 1. The molecular formula is C19H17ClN4O4. The molecule has 0 saturated carbocycles. The molecule has 0 fully saturated rings. The first kappa shape index (κ1) is 19.4. The molecule has 1 heterocycles. The number of hydrogen-bond acceptors (Lipinski definition) is 6. The fourth-order valence-electron chi connectivity index (χ4n) is 2.34. The molecule has 0 unspecified atom stereocenters. The Morgan fingerprint density at radius 2 is 1.89 bits per heavy atom. The minimum atomic E-state index is -0.325.